The van der Waals surface area contributed by atoms with Gasteiger partial charge in [-0.05, 0) is 49.4 Å². The third kappa shape index (κ3) is 5.63. The topological polar surface area (TPSA) is 37.3 Å². The van der Waals surface area contributed by atoms with Crippen LogP contribution in [0.3, 0.4) is 0 Å². The summed E-state index contributed by atoms with van der Waals surface area (Å²) >= 11 is 0. The first kappa shape index (κ1) is 20.5. The highest BCUT2D eigenvalue weighted by molar-refractivity contribution is 5.74. The van der Waals surface area contributed by atoms with Crippen molar-refractivity contribution in [3.63, 3.8) is 0 Å². The van der Waals surface area contributed by atoms with Crippen molar-refractivity contribution >= 4 is 6.03 Å². The molecular weight excluding hydrogens is 346 g/mol. The van der Waals surface area contributed by atoms with E-state index < -0.39 is 0 Å². The minimum Gasteiger partial charge on any atom is -0.345 e. The second kappa shape index (κ2) is 10.4. The average molecular weight is 382 g/mol. The summed E-state index contributed by atoms with van der Waals surface area (Å²) in [5.41, 5.74) is 3.82. The molecule has 0 saturated heterocycles. The Balaban J connectivity index is 1.68. The number of carbonyl (C=O) groups is 1. The van der Waals surface area contributed by atoms with Crippen LogP contribution in [0.15, 0.2) is 42.6 Å². The van der Waals surface area contributed by atoms with Crippen LogP contribution in [-0.4, -0.2) is 28.1 Å². The lowest BCUT2D eigenvalue weighted by atomic mass is 9.96. The van der Waals surface area contributed by atoms with E-state index in [1.165, 1.54) is 36.1 Å². The highest BCUT2D eigenvalue weighted by Crippen LogP contribution is 2.18. The van der Waals surface area contributed by atoms with E-state index in [1.807, 2.05) is 4.90 Å². The zero-order valence-corrected chi connectivity index (χ0v) is 17.5. The van der Waals surface area contributed by atoms with Crippen molar-refractivity contribution in [3.8, 4) is 0 Å². The fourth-order valence-electron chi connectivity index (χ4n) is 4.03. The van der Waals surface area contributed by atoms with Crippen LogP contribution < -0.4 is 5.32 Å². The average Bonchev–Trinajstić information content (AvgIpc) is 3.14. The van der Waals surface area contributed by atoms with Gasteiger partial charge in [-0.3, -0.25) is 0 Å². The molecule has 0 unspecified atom stereocenters. The summed E-state index contributed by atoms with van der Waals surface area (Å²) < 4.78 is 2.27. The van der Waals surface area contributed by atoms with Gasteiger partial charge >= 0.3 is 6.03 Å². The molecule has 0 bridgehead atoms. The molecule has 1 aromatic heterocycles. The van der Waals surface area contributed by atoms with Crippen LogP contribution in [0.1, 0.15) is 68.7 Å². The van der Waals surface area contributed by atoms with E-state index in [9.17, 15) is 4.79 Å². The smallest absolute Gasteiger partial charge is 0.317 e. The second-order valence-corrected chi connectivity index (χ2v) is 8.11. The number of amides is 2. The van der Waals surface area contributed by atoms with Crippen LogP contribution in [-0.2, 0) is 13.1 Å². The fourth-order valence-corrected chi connectivity index (χ4v) is 4.03. The van der Waals surface area contributed by atoms with Gasteiger partial charge in [-0.25, -0.2) is 4.79 Å². The van der Waals surface area contributed by atoms with Gasteiger partial charge in [-0.2, -0.15) is 0 Å². The van der Waals surface area contributed by atoms with Crippen molar-refractivity contribution in [2.24, 2.45) is 0 Å². The van der Waals surface area contributed by atoms with Crippen molar-refractivity contribution in [1.29, 1.82) is 0 Å². The number of rotatable bonds is 8. The van der Waals surface area contributed by atoms with Gasteiger partial charge in [0.25, 0.3) is 0 Å². The van der Waals surface area contributed by atoms with E-state index in [-0.39, 0.29) is 6.03 Å². The SMILES string of the molecule is CCCCN(Cc1cccn1Cc1ccccc1C)C(=O)NC1CCCCC1. The number of urea groups is 1. The molecule has 4 nitrogen and oxygen atoms in total. The van der Waals surface area contributed by atoms with Crippen LogP contribution in [0.25, 0.3) is 0 Å². The Kier molecular flexibility index (Phi) is 7.58. The number of aryl methyl sites for hydroxylation is 1. The van der Waals surface area contributed by atoms with Crippen molar-refractivity contribution < 1.29 is 4.79 Å². The number of hydrogen-bond donors (Lipinski definition) is 1. The molecule has 152 valence electrons. The molecule has 1 aliphatic carbocycles. The molecule has 2 amide bonds. The van der Waals surface area contributed by atoms with E-state index in [1.54, 1.807) is 0 Å². The molecule has 0 spiro atoms. The number of carbonyl (C=O) groups excluding carboxylic acids is 1. The van der Waals surface area contributed by atoms with Crippen LogP contribution in [0.5, 0.6) is 0 Å². The van der Waals surface area contributed by atoms with Crippen molar-refractivity contribution in [2.45, 2.75) is 77.9 Å². The van der Waals surface area contributed by atoms with E-state index in [2.05, 4.69) is 66.3 Å². The van der Waals surface area contributed by atoms with Crippen LogP contribution >= 0.6 is 0 Å². The Hall–Kier alpha value is -2.23. The minimum absolute atomic E-state index is 0.101. The number of hydrogen-bond acceptors (Lipinski definition) is 1. The fraction of sp³-hybridized carbons (Fsp3) is 0.542. The third-order valence-electron chi connectivity index (χ3n) is 5.88. The van der Waals surface area contributed by atoms with Gasteiger partial charge in [0, 0.05) is 31.0 Å². The predicted octanol–water partition coefficient (Wildman–Crippen LogP) is 5.49. The number of nitrogens with zero attached hydrogens (tertiary/aromatic N) is 2. The maximum atomic E-state index is 13.0. The monoisotopic (exact) mass is 381 g/mol. The molecule has 1 saturated carbocycles. The lowest BCUT2D eigenvalue weighted by molar-refractivity contribution is 0.185. The molecule has 2 aromatic rings. The van der Waals surface area contributed by atoms with Crippen molar-refractivity contribution in [3.05, 3.63) is 59.4 Å². The van der Waals surface area contributed by atoms with Crippen molar-refractivity contribution in [2.75, 3.05) is 6.54 Å². The Labute approximate surface area is 169 Å². The Bertz CT molecular complexity index is 746. The first-order chi connectivity index (χ1) is 13.7. The standard InChI is InChI=1S/C24H35N3O/c1-3-4-16-27(24(28)25-22-13-6-5-7-14-22)19-23-15-10-17-26(23)18-21-12-9-8-11-20(21)2/h8-12,15,17,22H,3-7,13-14,16,18-19H2,1-2H3,(H,25,28). The lowest BCUT2D eigenvalue weighted by Gasteiger charge is -2.29. The molecule has 28 heavy (non-hydrogen) atoms. The highest BCUT2D eigenvalue weighted by atomic mass is 16.2. The molecule has 1 aliphatic rings. The molecule has 1 aromatic carbocycles. The molecule has 3 rings (SSSR count). The molecule has 1 fully saturated rings. The first-order valence-electron chi connectivity index (χ1n) is 10.9. The van der Waals surface area contributed by atoms with E-state index in [4.69, 9.17) is 0 Å². The van der Waals surface area contributed by atoms with Gasteiger partial charge in [-0.15, -0.1) is 0 Å². The molecule has 0 radical (unpaired) electrons. The number of benzene rings is 1. The molecule has 4 heteroatoms. The molecule has 0 aliphatic heterocycles. The Morgan fingerprint density at radius 2 is 1.93 bits per heavy atom. The van der Waals surface area contributed by atoms with Gasteiger partial charge in [0.2, 0.25) is 0 Å². The maximum absolute atomic E-state index is 13.0. The van der Waals surface area contributed by atoms with E-state index >= 15 is 0 Å². The summed E-state index contributed by atoms with van der Waals surface area (Å²) in [6.07, 6.45) is 10.3. The van der Waals surface area contributed by atoms with Gasteiger partial charge < -0.3 is 14.8 Å². The first-order valence-corrected chi connectivity index (χ1v) is 10.9. The van der Waals surface area contributed by atoms with E-state index in [0.29, 0.717) is 12.6 Å². The van der Waals surface area contributed by atoms with Crippen LogP contribution in [0.2, 0.25) is 0 Å². The van der Waals surface area contributed by atoms with Crippen LogP contribution in [0, 0.1) is 6.92 Å². The quantitative estimate of drug-likeness (QED) is 0.645. The predicted molar refractivity (Wildman–Crippen MR) is 115 cm³/mol. The number of unbranched alkanes of at least 4 members (excludes halogenated alkanes) is 1. The van der Waals surface area contributed by atoms with Gasteiger partial charge in [0.05, 0.1) is 6.54 Å². The summed E-state index contributed by atoms with van der Waals surface area (Å²) in [7, 11) is 0. The van der Waals surface area contributed by atoms with Gasteiger partial charge in [0.15, 0.2) is 0 Å². The van der Waals surface area contributed by atoms with E-state index in [0.717, 1.165) is 38.8 Å². The minimum atomic E-state index is 0.101. The largest absolute Gasteiger partial charge is 0.345 e. The summed E-state index contributed by atoms with van der Waals surface area (Å²) in [5, 5.41) is 3.30. The summed E-state index contributed by atoms with van der Waals surface area (Å²) in [6, 6.07) is 13.2. The van der Waals surface area contributed by atoms with Gasteiger partial charge in [0.1, 0.15) is 0 Å². The normalized spacial score (nSPS) is 14.8. The summed E-state index contributed by atoms with van der Waals surface area (Å²) in [6.45, 7) is 6.66. The highest BCUT2D eigenvalue weighted by Gasteiger charge is 2.20. The van der Waals surface area contributed by atoms with Crippen molar-refractivity contribution in [1.82, 2.24) is 14.8 Å². The Morgan fingerprint density at radius 3 is 2.68 bits per heavy atom. The van der Waals surface area contributed by atoms with Gasteiger partial charge in [-0.1, -0.05) is 56.9 Å². The number of nitrogens with one attached hydrogen (secondary N) is 1. The van der Waals surface area contributed by atoms with Crippen LogP contribution in [0.4, 0.5) is 4.79 Å². The zero-order valence-electron chi connectivity index (χ0n) is 17.5. The molecule has 1 N–H and O–H groups in total. The Morgan fingerprint density at radius 1 is 1.14 bits per heavy atom. The number of aromatic nitrogens is 1. The third-order valence-corrected chi connectivity index (χ3v) is 5.88. The second-order valence-electron chi connectivity index (χ2n) is 8.11. The zero-order chi connectivity index (χ0) is 19.8. The lowest BCUT2D eigenvalue weighted by Crippen LogP contribution is -2.45. The molecule has 0 atom stereocenters. The molecule has 1 heterocycles. The molecular formula is C24H35N3O. The summed E-state index contributed by atoms with van der Waals surface area (Å²) in [5.74, 6) is 0. The maximum Gasteiger partial charge on any atom is 0.317 e. The summed E-state index contributed by atoms with van der Waals surface area (Å²) in [4.78, 5) is 15.0.